The van der Waals surface area contributed by atoms with Crippen LogP contribution in [0.5, 0.6) is 11.9 Å². The number of ether oxygens (including phenoxy) is 1. The minimum Gasteiger partial charge on any atom is -0.403 e. The van der Waals surface area contributed by atoms with Crippen LogP contribution in [-0.2, 0) is 13.6 Å². The van der Waals surface area contributed by atoms with Crippen molar-refractivity contribution in [1.29, 1.82) is 0 Å². The highest BCUT2D eigenvalue weighted by atomic mass is 16.5. The molecule has 2 heterocycles. The van der Waals surface area contributed by atoms with Crippen molar-refractivity contribution in [3.63, 3.8) is 0 Å². The molecule has 1 N–H and O–H groups in total. The van der Waals surface area contributed by atoms with Gasteiger partial charge in [0, 0.05) is 19.0 Å². The van der Waals surface area contributed by atoms with Gasteiger partial charge >= 0.3 is 6.01 Å². The molecule has 0 unspecified atom stereocenters. The average Bonchev–Trinajstić information content (AvgIpc) is 2.85. The molecule has 2 aromatic heterocycles. The Labute approximate surface area is 116 Å². The third kappa shape index (κ3) is 2.46. The second kappa shape index (κ2) is 5.26. The summed E-state index contributed by atoms with van der Waals surface area (Å²) in [7, 11) is 3.68. The number of fused-ring (bicyclic) bond motifs is 1. The van der Waals surface area contributed by atoms with Crippen molar-refractivity contribution in [3.8, 4) is 11.9 Å². The normalized spacial score (nSPS) is 10.9. The maximum absolute atomic E-state index is 5.72. The second-order valence-corrected chi connectivity index (χ2v) is 4.47. The summed E-state index contributed by atoms with van der Waals surface area (Å²) in [6.07, 6.45) is 1.59. The molecule has 6 heteroatoms. The predicted octanol–water partition coefficient (Wildman–Crippen LogP) is 1.87. The van der Waals surface area contributed by atoms with E-state index in [4.69, 9.17) is 4.74 Å². The van der Waals surface area contributed by atoms with Crippen molar-refractivity contribution in [1.82, 2.24) is 25.1 Å². The number of benzene rings is 1. The molecule has 0 atom stereocenters. The molecule has 0 saturated heterocycles. The maximum Gasteiger partial charge on any atom is 0.342 e. The summed E-state index contributed by atoms with van der Waals surface area (Å²) in [5, 5.41) is 9.23. The van der Waals surface area contributed by atoms with Gasteiger partial charge in [-0.05, 0) is 24.6 Å². The van der Waals surface area contributed by atoms with Gasteiger partial charge in [0.2, 0.25) is 5.88 Å². The molecule has 0 aliphatic heterocycles. The zero-order valence-electron chi connectivity index (χ0n) is 11.4. The molecule has 0 bridgehead atoms. The third-order valence-electron chi connectivity index (χ3n) is 2.88. The summed E-state index contributed by atoms with van der Waals surface area (Å²) in [5.41, 5.74) is 0.914. The first kappa shape index (κ1) is 12.6. The molecule has 0 saturated carbocycles. The molecule has 6 nitrogen and oxygen atoms in total. The number of hydrogen-bond acceptors (Lipinski definition) is 5. The van der Waals surface area contributed by atoms with Crippen LogP contribution in [0.4, 0.5) is 0 Å². The van der Waals surface area contributed by atoms with Crippen LogP contribution in [0.2, 0.25) is 0 Å². The Hall–Kier alpha value is -2.47. The fourth-order valence-corrected chi connectivity index (χ4v) is 2.02. The van der Waals surface area contributed by atoms with Crippen molar-refractivity contribution in [3.05, 3.63) is 42.4 Å². The first-order chi connectivity index (χ1) is 9.76. The van der Waals surface area contributed by atoms with Crippen LogP contribution < -0.4 is 10.1 Å². The van der Waals surface area contributed by atoms with E-state index in [9.17, 15) is 0 Å². The highest BCUT2D eigenvalue weighted by Crippen LogP contribution is 2.27. The van der Waals surface area contributed by atoms with Crippen LogP contribution in [0.25, 0.3) is 10.8 Å². The van der Waals surface area contributed by atoms with Crippen molar-refractivity contribution < 1.29 is 4.74 Å². The summed E-state index contributed by atoms with van der Waals surface area (Å²) in [6.45, 7) is 0.677. The van der Waals surface area contributed by atoms with Gasteiger partial charge in [-0.15, -0.1) is 5.10 Å². The number of pyridine rings is 1. The smallest absolute Gasteiger partial charge is 0.342 e. The van der Waals surface area contributed by atoms with Gasteiger partial charge in [0.1, 0.15) is 6.33 Å². The van der Waals surface area contributed by atoms with E-state index in [1.807, 2.05) is 37.4 Å². The zero-order valence-corrected chi connectivity index (χ0v) is 11.4. The molecule has 3 aromatic rings. The quantitative estimate of drug-likeness (QED) is 0.783. The molecule has 0 aliphatic carbocycles. The summed E-state index contributed by atoms with van der Waals surface area (Å²) < 4.78 is 7.31. The molecule has 0 aliphatic rings. The van der Waals surface area contributed by atoms with E-state index >= 15 is 0 Å². The van der Waals surface area contributed by atoms with E-state index in [0.717, 1.165) is 16.5 Å². The largest absolute Gasteiger partial charge is 0.403 e. The lowest BCUT2D eigenvalue weighted by atomic mass is 10.1. The standard InChI is InChI=1S/C14H15N5O/c1-15-8-11-7-10-5-3-4-6-12(10)13(17-11)20-14-16-9-19(2)18-14/h3-7,9,15H,8H2,1-2H3. The first-order valence-electron chi connectivity index (χ1n) is 6.33. The van der Waals surface area contributed by atoms with Crippen LogP contribution in [0.3, 0.4) is 0 Å². The summed E-state index contributed by atoms with van der Waals surface area (Å²) in [4.78, 5) is 8.59. The van der Waals surface area contributed by atoms with Gasteiger partial charge < -0.3 is 10.1 Å². The molecule has 102 valence electrons. The Kier molecular flexibility index (Phi) is 3.30. The van der Waals surface area contributed by atoms with Gasteiger partial charge in [-0.25, -0.2) is 4.98 Å². The summed E-state index contributed by atoms with van der Waals surface area (Å²) in [6, 6.07) is 10.3. The average molecular weight is 269 g/mol. The molecule has 0 radical (unpaired) electrons. The Morgan fingerprint density at radius 1 is 1.30 bits per heavy atom. The van der Waals surface area contributed by atoms with Crippen molar-refractivity contribution in [2.75, 3.05) is 7.05 Å². The number of aryl methyl sites for hydroxylation is 1. The molecular formula is C14H15N5O. The summed E-state index contributed by atoms with van der Waals surface area (Å²) in [5.74, 6) is 0.527. The van der Waals surface area contributed by atoms with Crippen molar-refractivity contribution in [2.24, 2.45) is 7.05 Å². The molecule has 1 aromatic carbocycles. The minimum absolute atomic E-state index is 0.298. The zero-order chi connectivity index (χ0) is 13.9. The monoisotopic (exact) mass is 269 g/mol. The molecule has 0 fully saturated rings. The number of aromatic nitrogens is 4. The number of nitrogens with one attached hydrogen (secondary N) is 1. The number of rotatable bonds is 4. The van der Waals surface area contributed by atoms with Gasteiger partial charge in [0.15, 0.2) is 0 Å². The molecule has 0 amide bonds. The first-order valence-corrected chi connectivity index (χ1v) is 6.33. The fourth-order valence-electron chi connectivity index (χ4n) is 2.02. The predicted molar refractivity (Wildman–Crippen MR) is 75.6 cm³/mol. The van der Waals surface area contributed by atoms with E-state index in [0.29, 0.717) is 18.4 Å². The van der Waals surface area contributed by atoms with E-state index in [-0.39, 0.29) is 0 Å². The third-order valence-corrected chi connectivity index (χ3v) is 2.88. The van der Waals surface area contributed by atoms with E-state index < -0.39 is 0 Å². The van der Waals surface area contributed by atoms with Gasteiger partial charge in [-0.2, -0.15) is 4.98 Å². The lowest BCUT2D eigenvalue weighted by Crippen LogP contribution is -2.07. The van der Waals surface area contributed by atoms with Crippen LogP contribution in [0, 0.1) is 0 Å². The minimum atomic E-state index is 0.298. The van der Waals surface area contributed by atoms with Crippen LogP contribution >= 0.6 is 0 Å². The topological polar surface area (TPSA) is 64.9 Å². The fraction of sp³-hybridized carbons (Fsp3) is 0.214. The van der Waals surface area contributed by atoms with E-state index in [1.54, 1.807) is 18.1 Å². The van der Waals surface area contributed by atoms with Crippen molar-refractivity contribution in [2.45, 2.75) is 6.54 Å². The lowest BCUT2D eigenvalue weighted by molar-refractivity contribution is 0.426. The van der Waals surface area contributed by atoms with E-state index in [2.05, 4.69) is 20.4 Å². The van der Waals surface area contributed by atoms with Gasteiger partial charge in [0.25, 0.3) is 0 Å². The van der Waals surface area contributed by atoms with Gasteiger partial charge in [-0.3, -0.25) is 4.68 Å². The SMILES string of the molecule is CNCc1cc2ccccc2c(Oc2ncn(C)n2)n1. The number of nitrogens with zero attached hydrogens (tertiary/aromatic N) is 4. The van der Waals surface area contributed by atoms with Gasteiger partial charge in [0.05, 0.1) is 5.69 Å². The van der Waals surface area contributed by atoms with Crippen LogP contribution in [-0.4, -0.2) is 26.8 Å². The van der Waals surface area contributed by atoms with Gasteiger partial charge in [-0.1, -0.05) is 18.2 Å². The maximum atomic E-state index is 5.72. The van der Waals surface area contributed by atoms with E-state index in [1.165, 1.54) is 0 Å². The molecule has 3 rings (SSSR count). The Bertz CT molecular complexity index is 737. The molecular weight excluding hydrogens is 254 g/mol. The lowest BCUT2D eigenvalue weighted by Gasteiger charge is -2.08. The molecule has 0 spiro atoms. The Morgan fingerprint density at radius 2 is 2.15 bits per heavy atom. The highest BCUT2D eigenvalue weighted by Gasteiger charge is 2.10. The number of hydrogen-bond donors (Lipinski definition) is 1. The second-order valence-electron chi connectivity index (χ2n) is 4.47. The Balaban J connectivity index is 2.06. The Morgan fingerprint density at radius 3 is 2.90 bits per heavy atom. The molecule has 20 heavy (non-hydrogen) atoms. The summed E-state index contributed by atoms with van der Waals surface area (Å²) >= 11 is 0. The van der Waals surface area contributed by atoms with Crippen LogP contribution in [0.1, 0.15) is 5.69 Å². The van der Waals surface area contributed by atoms with Crippen molar-refractivity contribution >= 4 is 10.8 Å². The van der Waals surface area contributed by atoms with Crippen LogP contribution in [0.15, 0.2) is 36.7 Å². The highest BCUT2D eigenvalue weighted by molar-refractivity contribution is 5.87.